The van der Waals surface area contributed by atoms with Crippen molar-refractivity contribution in [2.75, 3.05) is 6.61 Å². The third-order valence-corrected chi connectivity index (χ3v) is 3.52. The van der Waals surface area contributed by atoms with Gasteiger partial charge in [0, 0.05) is 18.0 Å². The molecule has 0 amide bonds. The summed E-state index contributed by atoms with van der Waals surface area (Å²) in [7, 11) is 0. The van der Waals surface area contributed by atoms with Crippen LogP contribution < -0.4 is 4.74 Å². The Balaban J connectivity index is 1.60. The number of rotatable bonds is 5. The molecule has 0 N–H and O–H groups in total. The molecule has 1 heterocycles. The van der Waals surface area contributed by atoms with Gasteiger partial charge in [-0.25, -0.2) is 4.98 Å². The van der Waals surface area contributed by atoms with Crippen LogP contribution in [0.1, 0.15) is 18.1 Å². The van der Waals surface area contributed by atoms with E-state index in [1.165, 1.54) is 11.1 Å². The van der Waals surface area contributed by atoms with Crippen molar-refractivity contribution in [3.63, 3.8) is 0 Å². The summed E-state index contributed by atoms with van der Waals surface area (Å²) < 4.78 is 5.65. The van der Waals surface area contributed by atoms with Gasteiger partial charge in [-0.3, -0.25) is 0 Å². The van der Waals surface area contributed by atoms with E-state index in [0.717, 1.165) is 23.7 Å². The summed E-state index contributed by atoms with van der Waals surface area (Å²) in [6.45, 7) is 2.75. The zero-order valence-corrected chi connectivity index (χ0v) is 12.1. The molecule has 21 heavy (non-hydrogen) atoms. The van der Waals surface area contributed by atoms with Crippen molar-refractivity contribution in [3.05, 3.63) is 65.9 Å². The Kier molecular flexibility index (Phi) is 4.10. The smallest absolute Gasteiger partial charge is 0.316 e. The zero-order valence-electron chi connectivity index (χ0n) is 12.1. The molecule has 3 rings (SSSR count). The van der Waals surface area contributed by atoms with Gasteiger partial charge < -0.3 is 4.74 Å². The van der Waals surface area contributed by atoms with Gasteiger partial charge in [0.2, 0.25) is 0 Å². The van der Waals surface area contributed by atoms with Crippen LogP contribution in [0.25, 0.3) is 10.9 Å². The van der Waals surface area contributed by atoms with E-state index in [1.54, 1.807) is 6.20 Å². The van der Waals surface area contributed by atoms with Gasteiger partial charge in [-0.15, -0.1) is 0 Å². The van der Waals surface area contributed by atoms with E-state index < -0.39 is 0 Å². The molecule has 0 saturated carbocycles. The molecule has 0 spiro atoms. The summed E-state index contributed by atoms with van der Waals surface area (Å²) in [6.07, 6.45) is 3.73. The average molecular weight is 278 g/mol. The average Bonchev–Trinajstić information content (AvgIpc) is 2.55. The first-order valence-electron chi connectivity index (χ1n) is 7.27. The summed E-state index contributed by atoms with van der Waals surface area (Å²) in [4.78, 5) is 8.63. The van der Waals surface area contributed by atoms with Crippen LogP contribution in [0, 0.1) is 0 Å². The molecule has 106 valence electrons. The molecule has 3 aromatic rings. The standard InChI is InChI=1S/C18H18N2O/c1-2-14-7-9-15(10-8-14)11-12-21-18-19-13-16-5-3-4-6-17(16)20-18/h3-10,13H,2,11-12H2,1H3. The Bertz CT molecular complexity index is 723. The van der Waals surface area contributed by atoms with Gasteiger partial charge in [-0.05, 0) is 23.6 Å². The maximum absolute atomic E-state index is 5.65. The highest BCUT2D eigenvalue weighted by Crippen LogP contribution is 2.13. The molecule has 0 radical (unpaired) electrons. The van der Waals surface area contributed by atoms with Crippen LogP contribution in [0.2, 0.25) is 0 Å². The first kappa shape index (κ1) is 13.6. The second-order valence-corrected chi connectivity index (χ2v) is 4.98. The van der Waals surface area contributed by atoms with Crippen molar-refractivity contribution >= 4 is 10.9 Å². The number of hydrogen-bond donors (Lipinski definition) is 0. The van der Waals surface area contributed by atoms with Gasteiger partial charge in [0.15, 0.2) is 0 Å². The van der Waals surface area contributed by atoms with E-state index in [1.807, 2.05) is 24.3 Å². The Morgan fingerprint density at radius 2 is 1.71 bits per heavy atom. The first-order valence-corrected chi connectivity index (χ1v) is 7.27. The van der Waals surface area contributed by atoms with E-state index >= 15 is 0 Å². The second kappa shape index (κ2) is 6.35. The maximum atomic E-state index is 5.65. The molecule has 0 unspecified atom stereocenters. The number of benzene rings is 2. The molecule has 0 aliphatic heterocycles. The van der Waals surface area contributed by atoms with Crippen molar-refractivity contribution in [2.45, 2.75) is 19.8 Å². The molecule has 0 atom stereocenters. The lowest BCUT2D eigenvalue weighted by atomic mass is 10.1. The first-order chi connectivity index (χ1) is 10.3. The van der Waals surface area contributed by atoms with E-state index in [2.05, 4.69) is 41.2 Å². The summed E-state index contributed by atoms with van der Waals surface area (Å²) in [5.74, 6) is 0. The van der Waals surface area contributed by atoms with Crippen LogP contribution in [0.15, 0.2) is 54.7 Å². The van der Waals surface area contributed by atoms with E-state index in [4.69, 9.17) is 4.74 Å². The Hall–Kier alpha value is -2.42. The minimum Gasteiger partial charge on any atom is -0.463 e. The lowest BCUT2D eigenvalue weighted by Gasteiger charge is -2.06. The highest BCUT2D eigenvalue weighted by Gasteiger charge is 2.01. The monoisotopic (exact) mass is 278 g/mol. The van der Waals surface area contributed by atoms with Crippen molar-refractivity contribution in [3.8, 4) is 6.01 Å². The fraction of sp³-hybridized carbons (Fsp3) is 0.222. The number of aromatic nitrogens is 2. The van der Waals surface area contributed by atoms with Crippen molar-refractivity contribution < 1.29 is 4.74 Å². The van der Waals surface area contributed by atoms with Crippen LogP contribution in [-0.4, -0.2) is 16.6 Å². The molecule has 2 aromatic carbocycles. The fourth-order valence-corrected chi connectivity index (χ4v) is 2.23. The summed E-state index contributed by atoms with van der Waals surface area (Å²) >= 11 is 0. The van der Waals surface area contributed by atoms with Gasteiger partial charge >= 0.3 is 6.01 Å². The second-order valence-electron chi connectivity index (χ2n) is 4.98. The van der Waals surface area contributed by atoms with Gasteiger partial charge in [0.1, 0.15) is 0 Å². The molecule has 0 aliphatic rings. The van der Waals surface area contributed by atoms with Crippen LogP contribution in [0.3, 0.4) is 0 Å². The highest BCUT2D eigenvalue weighted by atomic mass is 16.5. The van der Waals surface area contributed by atoms with E-state index in [9.17, 15) is 0 Å². The molecule has 0 aliphatic carbocycles. The van der Waals surface area contributed by atoms with E-state index in [0.29, 0.717) is 12.6 Å². The Morgan fingerprint density at radius 3 is 2.52 bits per heavy atom. The lowest BCUT2D eigenvalue weighted by Crippen LogP contribution is -2.04. The highest BCUT2D eigenvalue weighted by molar-refractivity contribution is 5.77. The predicted molar refractivity (Wildman–Crippen MR) is 84.6 cm³/mol. The van der Waals surface area contributed by atoms with Crippen molar-refractivity contribution in [2.24, 2.45) is 0 Å². The molecule has 3 heteroatoms. The van der Waals surface area contributed by atoms with Gasteiger partial charge in [0.25, 0.3) is 0 Å². The molecular formula is C18H18N2O. The summed E-state index contributed by atoms with van der Waals surface area (Å²) in [5.41, 5.74) is 3.54. The minimum atomic E-state index is 0.443. The SMILES string of the molecule is CCc1ccc(CCOc2ncc3ccccc3n2)cc1. The normalized spacial score (nSPS) is 10.7. The lowest BCUT2D eigenvalue weighted by molar-refractivity contribution is 0.297. The molecule has 0 saturated heterocycles. The number of nitrogens with zero attached hydrogens (tertiary/aromatic N) is 2. The van der Waals surface area contributed by atoms with Gasteiger partial charge in [-0.1, -0.05) is 49.4 Å². The number of hydrogen-bond acceptors (Lipinski definition) is 3. The molecule has 1 aromatic heterocycles. The number of aryl methyl sites for hydroxylation is 1. The van der Waals surface area contributed by atoms with Crippen LogP contribution >= 0.6 is 0 Å². The third kappa shape index (κ3) is 3.37. The number of para-hydroxylation sites is 1. The minimum absolute atomic E-state index is 0.443. The van der Waals surface area contributed by atoms with Crippen molar-refractivity contribution in [1.82, 2.24) is 9.97 Å². The zero-order chi connectivity index (χ0) is 14.5. The topological polar surface area (TPSA) is 35.0 Å². The van der Waals surface area contributed by atoms with E-state index in [-0.39, 0.29) is 0 Å². The van der Waals surface area contributed by atoms with Gasteiger partial charge in [0.05, 0.1) is 12.1 Å². The van der Waals surface area contributed by atoms with Gasteiger partial charge in [-0.2, -0.15) is 4.98 Å². The maximum Gasteiger partial charge on any atom is 0.316 e. The molecule has 3 nitrogen and oxygen atoms in total. The van der Waals surface area contributed by atoms with Crippen molar-refractivity contribution in [1.29, 1.82) is 0 Å². The number of ether oxygens (including phenoxy) is 1. The number of fused-ring (bicyclic) bond motifs is 1. The van der Waals surface area contributed by atoms with Crippen LogP contribution in [-0.2, 0) is 12.8 Å². The summed E-state index contributed by atoms with van der Waals surface area (Å²) in [5, 5.41) is 1.03. The fourth-order valence-electron chi connectivity index (χ4n) is 2.23. The largest absolute Gasteiger partial charge is 0.463 e. The Labute approximate surface area is 124 Å². The van der Waals surface area contributed by atoms with Crippen LogP contribution in [0.5, 0.6) is 6.01 Å². The van der Waals surface area contributed by atoms with Crippen LogP contribution in [0.4, 0.5) is 0 Å². The predicted octanol–water partition coefficient (Wildman–Crippen LogP) is 3.81. The molecular weight excluding hydrogens is 260 g/mol. The third-order valence-electron chi connectivity index (χ3n) is 3.52. The molecule has 0 bridgehead atoms. The Morgan fingerprint density at radius 1 is 0.952 bits per heavy atom. The molecule has 0 fully saturated rings. The quantitative estimate of drug-likeness (QED) is 0.711. The summed E-state index contributed by atoms with van der Waals surface area (Å²) in [6, 6.07) is 17.0.